The average molecular weight is 651 g/mol. The normalized spacial score (nSPS) is 15.4. The Balaban J connectivity index is 1.78. The molecule has 0 unspecified atom stereocenters. The number of aliphatic carboxylic acids is 1. The molecule has 1 atom stereocenters. The fourth-order valence-corrected chi connectivity index (χ4v) is 5.82. The van der Waals surface area contributed by atoms with E-state index in [0.29, 0.717) is 49.9 Å². The van der Waals surface area contributed by atoms with Crippen LogP contribution >= 0.6 is 0 Å². The maximum absolute atomic E-state index is 13.3. The number of anilines is 1. The van der Waals surface area contributed by atoms with E-state index in [-0.39, 0.29) is 17.8 Å². The molecule has 1 N–H and O–H groups in total. The van der Waals surface area contributed by atoms with Crippen molar-refractivity contribution in [2.24, 2.45) is 5.41 Å². The molecule has 0 bridgehead atoms. The number of hydrogen-bond donors (Lipinski definition) is 1. The van der Waals surface area contributed by atoms with Gasteiger partial charge >= 0.3 is 5.97 Å². The molecule has 0 aliphatic carbocycles. The van der Waals surface area contributed by atoms with E-state index in [2.05, 4.69) is 18.7 Å². The summed E-state index contributed by atoms with van der Waals surface area (Å²) in [5.41, 5.74) is 4.93. The first kappa shape index (κ1) is 36.3. The Bertz CT molecular complexity index is 1460. The first-order valence-corrected chi connectivity index (χ1v) is 16.6. The fourth-order valence-electron chi connectivity index (χ4n) is 5.82. The minimum Gasteiger partial charge on any atom is -0.493 e. The van der Waals surface area contributed by atoms with Crippen LogP contribution in [-0.2, 0) is 32.0 Å². The van der Waals surface area contributed by atoms with Gasteiger partial charge in [0.15, 0.2) is 6.10 Å². The lowest BCUT2D eigenvalue weighted by Gasteiger charge is -2.41. The van der Waals surface area contributed by atoms with Gasteiger partial charge in [-0.05, 0) is 88.3 Å². The van der Waals surface area contributed by atoms with Crippen molar-refractivity contribution in [2.45, 2.75) is 86.0 Å². The van der Waals surface area contributed by atoms with Crippen molar-refractivity contribution in [1.29, 1.82) is 0 Å². The third-order valence-corrected chi connectivity index (χ3v) is 8.39. The number of carbonyl (C=O) groups is 1. The second-order valence-corrected chi connectivity index (χ2v) is 13.9. The van der Waals surface area contributed by atoms with Gasteiger partial charge in [-0.15, -0.1) is 0 Å². The van der Waals surface area contributed by atoms with Gasteiger partial charge in [0.2, 0.25) is 0 Å². The van der Waals surface area contributed by atoms with Crippen molar-refractivity contribution >= 4 is 11.7 Å². The average Bonchev–Trinajstić information content (AvgIpc) is 3.01. The zero-order valence-corrected chi connectivity index (χ0v) is 29.0. The summed E-state index contributed by atoms with van der Waals surface area (Å²) < 4.78 is 37.1. The Hall–Kier alpha value is -3.53. The summed E-state index contributed by atoms with van der Waals surface area (Å²) in [6.07, 6.45) is 1.36. The van der Waals surface area contributed by atoms with E-state index in [1.54, 1.807) is 12.1 Å². The van der Waals surface area contributed by atoms with Crippen LogP contribution in [0.15, 0.2) is 48.5 Å². The third kappa shape index (κ3) is 10.2. The Morgan fingerprint density at radius 1 is 1.00 bits per heavy atom. The Morgan fingerprint density at radius 2 is 1.64 bits per heavy atom. The van der Waals surface area contributed by atoms with Crippen LogP contribution in [0.5, 0.6) is 5.75 Å². The van der Waals surface area contributed by atoms with Gasteiger partial charge in [-0.1, -0.05) is 38.1 Å². The molecule has 2 aromatic carbocycles. The number of aryl methyl sites for hydroxylation is 1. The minimum absolute atomic E-state index is 0.186. The molecule has 0 saturated carbocycles. The molecule has 0 spiro atoms. The number of halogens is 1. The van der Waals surface area contributed by atoms with E-state index in [9.17, 15) is 14.3 Å². The Morgan fingerprint density at radius 3 is 2.23 bits per heavy atom. The molecule has 1 saturated heterocycles. The molecule has 0 radical (unpaired) electrons. The molecule has 8 nitrogen and oxygen atoms in total. The van der Waals surface area contributed by atoms with E-state index >= 15 is 0 Å². The number of aromatic nitrogens is 1. The highest BCUT2D eigenvalue weighted by atomic mass is 19.1. The Kier molecular flexibility index (Phi) is 12.4. The summed E-state index contributed by atoms with van der Waals surface area (Å²) in [6, 6.07) is 14.3. The number of pyridine rings is 1. The number of piperidine rings is 1. The van der Waals surface area contributed by atoms with Crippen molar-refractivity contribution in [3.05, 3.63) is 76.9 Å². The standard InChI is InChI=1S/C38H51FN2O6/c1-8-44-23-24-45-25-31-33(28-11-15-30(16-12-28)46-22-17-27-9-13-29(39)14-10-27)34(41-20-18-38(6,7)19-21-41)32(26(2)40-31)35(36(42)43)47-37(3,4)5/h9-16,35H,8,17-25H2,1-7H3,(H,42,43)/t35-/m0/s1. The van der Waals surface area contributed by atoms with Crippen LogP contribution in [0.25, 0.3) is 11.1 Å². The maximum Gasteiger partial charge on any atom is 0.337 e. The maximum atomic E-state index is 13.3. The largest absolute Gasteiger partial charge is 0.493 e. The number of benzene rings is 2. The molecule has 2 heterocycles. The summed E-state index contributed by atoms with van der Waals surface area (Å²) in [5, 5.41) is 10.5. The van der Waals surface area contributed by atoms with Crippen LogP contribution in [0.2, 0.25) is 0 Å². The van der Waals surface area contributed by atoms with E-state index < -0.39 is 17.7 Å². The van der Waals surface area contributed by atoms with E-state index in [4.69, 9.17) is 23.9 Å². The lowest BCUT2D eigenvalue weighted by atomic mass is 9.81. The zero-order chi connectivity index (χ0) is 34.2. The SMILES string of the molecule is CCOCCOCc1nc(C)c([C@H](OC(C)(C)C)C(=O)O)c(N2CCC(C)(C)CC2)c1-c1ccc(OCCc2ccc(F)cc2)cc1. The van der Waals surface area contributed by atoms with Crippen LogP contribution in [0.3, 0.4) is 0 Å². The second-order valence-electron chi connectivity index (χ2n) is 13.9. The van der Waals surface area contributed by atoms with Gasteiger partial charge in [0, 0.05) is 42.9 Å². The molecule has 1 aromatic heterocycles. The lowest BCUT2D eigenvalue weighted by molar-refractivity contribution is -0.160. The first-order chi connectivity index (χ1) is 22.3. The molecule has 3 aromatic rings. The van der Waals surface area contributed by atoms with Gasteiger partial charge in [0.25, 0.3) is 0 Å². The van der Waals surface area contributed by atoms with E-state index in [1.807, 2.05) is 58.9 Å². The summed E-state index contributed by atoms with van der Waals surface area (Å²) in [5.74, 6) is -0.614. The smallest absolute Gasteiger partial charge is 0.337 e. The predicted octanol–water partition coefficient (Wildman–Crippen LogP) is 7.94. The number of ether oxygens (including phenoxy) is 4. The third-order valence-electron chi connectivity index (χ3n) is 8.39. The molecular weight excluding hydrogens is 599 g/mol. The van der Waals surface area contributed by atoms with Crippen LogP contribution < -0.4 is 9.64 Å². The van der Waals surface area contributed by atoms with Gasteiger partial charge in [0.1, 0.15) is 11.6 Å². The van der Waals surface area contributed by atoms with E-state index in [0.717, 1.165) is 54.0 Å². The summed E-state index contributed by atoms with van der Waals surface area (Å²) in [7, 11) is 0. The number of carboxylic acid groups (broad SMARTS) is 1. The summed E-state index contributed by atoms with van der Waals surface area (Å²) in [6.45, 7) is 17.7. The van der Waals surface area contributed by atoms with Gasteiger partial charge in [-0.25, -0.2) is 9.18 Å². The molecule has 4 rings (SSSR count). The van der Waals surface area contributed by atoms with Crippen LogP contribution in [0.4, 0.5) is 10.1 Å². The fraction of sp³-hybridized carbons (Fsp3) is 0.526. The van der Waals surface area contributed by atoms with Gasteiger partial charge in [0.05, 0.1) is 43.4 Å². The predicted molar refractivity (Wildman–Crippen MR) is 183 cm³/mol. The van der Waals surface area contributed by atoms with Gasteiger partial charge in [-0.2, -0.15) is 0 Å². The highest BCUT2D eigenvalue weighted by Gasteiger charge is 2.37. The summed E-state index contributed by atoms with van der Waals surface area (Å²) >= 11 is 0. The number of rotatable bonds is 15. The van der Waals surface area contributed by atoms with Gasteiger partial charge in [-0.3, -0.25) is 4.98 Å². The molecule has 47 heavy (non-hydrogen) atoms. The number of carboxylic acids is 1. The lowest BCUT2D eigenvalue weighted by Crippen LogP contribution is -2.39. The molecular formula is C38H51FN2O6. The molecule has 256 valence electrons. The van der Waals surface area contributed by atoms with Crippen molar-refractivity contribution in [3.8, 4) is 16.9 Å². The summed E-state index contributed by atoms with van der Waals surface area (Å²) in [4.78, 5) is 20.2. The van der Waals surface area contributed by atoms with Crippen molar-refractivity contribution in [3.63, 3.8) is 0 Å². The highest BCUT2D eigenvalue weighted by Crippen LogP contribution is 2.45. The number of hydrogen-bond acceptors (Lipinski definition) is 7. The topological polar surface area (TPSA) is 90.3 Å². The Labute approximate surface area is 279 Å². The van der Waals surface area contributed by atoms with Crippen molar-refractivity contribution < 1.29 is 33.2 Å². The molecule has 0 amide bonds. The van der Waals surface area contributed by atoms with Gasteiger partial charge < -0.3 is 29.0 Å². The number of nitrogens with zero attached hydrogens (tertiary/aromatic N) is 2. The molecule has 9 heteroatoms. The van der Waals surface area contributed by atoms with Crippen LogP contribution in [0.1, 0.15) is 83.0 Å². The molecule has 1 fully saturated rings. The highest BCUT2D eigenvalue weighted by molar-refractivity contribution is 5.88. The van der Waals surface area contributed by atoms with E-state index in [1.165, 1.54) is 12.1 Å². The zero-order valence-electron chi connectivity index (χ0n) is 29.0. The first-order valence-electron chi connectivity index (χ1n) is 16.6. The molecule has 1 aliphatic rings. The van der Waals surface area contributed by atoms with Crippen molar-refractivity contribution in [1.82, 2.24) is 4.98 Å². The van der Waals surface area contributed by atoms with Crippen LogP contribution in [0, 0.1) is 18.2 Å². The minimum atomic E-state index is -1.21. The van der Waals surface area contributed by atoms with Crippen LogP contribution in [-0.4, -0.2) is 61.2 Å². The second kappa shape index (κ2) is 16.0. The molecule has 1 aliphatic heterocycles. The van der Waals surface area contributed by atoms with Crippen molar-refractivity contribution in [2.75, 3.05) is 44.4 Å². The monoisotopic (exact) mass is 650 g/mol. The quantitative estimate of drug-likeness (QED) is 0.166.